The van der Waals surface area contributed by atoms with E-state index in [1.807, 2.05) is 0 Å². The first-order valence-corrected chi connectivity index (χ1v) is 18.6. The van der Waals surface area contributed by atoms with E-state index in [1.165, 1.54) is 17.7 Å². The normalized spacial score (nSPS) is 20.5. The van der Waals surface area contributed by atoms with Crippen LogP contribution in [0, 0.1) is 0 Å². The standard InChI is InChI=1S/C17H31NOSSi3/c1-21(2,3)19-17(20)16-10-8-15(9-11-16)14-18-22(4,5)12-13-23(18,6)7/h8-11H,12-14H2,1-7H3. The molecule has 0 saturated carbocycles. The van der Waals surface area contributed by atoms with Gasteiger partial charge in [0.15, 0.2) is 5.05 Å². The Bertz CT molecular complexity index is 562. The molecule has 1 fully saturated rings. The molecule has 23 heavy (non-hydrogen) atoms. The second-order valence-electron chi connectivity index (χ2n) is 8.91. The van der Waals surface area contributed by atoms with Crippen molar-refractivity contribution in [2.45, 2.75) is 64.5 Å². The molecule has 0 spiro atoms. The van der Waals surface area contributed by atoms with E-state index in [4.69, 9.17) is 16.6 Å². The number of rotatable bonds is 4. The highest BCUT2D eigenvalue weighted by molar-refractivity contribution is 7.80. The molecule has 128 valence electrons. The number of hydrogen-bond donors (Lipinski definition) is 0. The number of hydrogen-bond acceptors (Lipinski definition) is 3. The van der Waals surface area contributed by atoms with E-state index >= 15 is 0 Å². The van der Waals surface area contributed by atoms with Gasteiger partial charge in [-0.15, -0.1) is 0 Å². The topological polar surface area (TPSA) is 12.5 Å². The van der Waals surface area contributed by atoms with Crippen molar-refractivity contribution >= 4 is 42.1 Å². The SMILES string of the molecule is C[Si](C)(C)OC(=S)c1ccc(CN2[Si](C)(C)CC[Si]2(C)C)cc1. The summed E-state index contributed by atoms with van der Waals surface area (Å²) in [4.78, 5) is 0. The Morgan fingerprint density at radius 2 is 1.52 bits per heavy atom. The second-order valence-corrected chi connectivity index (χ2v) is 23.5. The maximum Gasteiger partial charge on any atom is 0.243 e. The zero-order chi connectivity index (χ0) is 17.5. The van der Waals surface area contributed by atoms with Gasteiger partial charge in [0.1, 0.15) is 16.5 Å². The lowest BCUT2D eigenvalue weighted by molar-refractivity contribution is 0.568. The molecule has 2 rings (SSSR count). The molecule has 6 heteroatoms. The molecule has 1 aromatic rings. The molecule has 0 amide bonds. The molecule has 1 saturated heterocycles. The lowest BCUT2D eigenvalue weighted by atomic mass is 10.1. The van der Waals surface area contributed by atoms with Gasteiger partial charge < -0.3 is 8.66 Å². The van der Waals surface area contributed by atoms with E-state index in [1.54, 1.807) is 0 Å². The minimum absolute atomic E-state index is 0.654. The summed E-state index contributed by atoms with van der Waals surface area (Å²) in [6.07, 6.45) is 0. The van der Waals surface area contributed by atoms with Gasteiger partial charge in [0, 0.05) is 12.1 Å². The zero-order valence-electron chi connectivity index (χ0n) is 15.7. The summed E-state index contributed by atoms with van der Waals surface area (Å²) in [5.74, 6) is 0. The maximum atomic E-state index is 5.94. The summed E-state index contributed by atoms with van der Waals surface area (Å²) >= 11 is 5.44. The van der Waals surface area contributed by atoms with Crippen molar-refractivity contribution in [1.82, 2.24) is 4.23 Å². The highest BCUT2D eigenvalue weighted by Crippen LogP contribution is 2.37. The van der Waals surface area contributed by atoms with Crippen LogP contribution in [0.15, 0.2) is 24.3 Å². The monoisotopic (exact) mass is 381 g/mol. The Labute approximate surface area is 150 Å². The third-order valence-electron chi connectivity index (χ3n) is 4.74. The molecule has 0 N–H and O–H groups in total. The van der Waals surface area contributed by atoms with E-state index < -0.39 is 24.8 Å². The first kappa shape index (κ1) is 19.1. The molecule has 0 aliphatic carbocycles. The fourth-order valence-electron chi connectivity index (χ4n) is 3.39. The van der Waals surface area contributed by atoms with Gasteiger partial charge in [0.2, 0.25) is 8.32 Å². The highest BCUT2D eigenvalue weighted by Gasteiger charge is 2.46. The van der Waals surface area contributed by atoms with Crippen LogP contribution >= 0.6 is 12.2 Å². The minimum atomic E-state index is -1.62. The van der Waals surface area contributed by atoms with Crippen LogP contribution < -0.4 is 0 Å². The van der Waals surface area contributed by atoms with E-state index in [2.05, 4.69) is 74.3 Å². The summed E-state index contributed by atoms with van der Waals surface area (Å²) in [5, 5.41) is 0.654. The zero-order valence-corrected chi connectivity index (χ0v) is 19.5. The Kier molecular flexibility index (Phi) is 5.43. The highest BCUT2D eigenvalue weighted by atomic mass is 32.1. The van der Waals surface area contributed by atoms with Gasteiger partial charge in [-0.3, -0.25) is 0 Å². The van der Waals surface area contributed by atoms with Crippen LogP contribution in [0.2, 0.25) is 57.9 Å². The van der Waals surface area contributed by atoms with Gasteiger partial charge in [0.25, 0.3) is 0 Å². The van der Waals surface area contributed by atoms with Crippen LogP contribution in [0.3, 0.4) is 0 Å². The third-order valence-corrected chi connectivity index (χ3v) is 16.3. The van der Waals surface area contributed by atoms with Crippen molar-refractivity contribution in [2.24, 2.45) is 0 Å². The molecule has 2 nitrogen and oxygen atoms in total. The molecule has 1 aliphatic rings. The molecule has 1 heterocycles. The van der Waals surface area contributed by atoms with E-state index in [0.717, 1.165) is 12.1 Å². The van der Waals surface area contributed by atoms with Gasteiger partial charge in [0.05, 0.1) is 0 Å². The molecule has 0 bridgehead atoms. The first-order chi connectivity index (χ1) is 10.4. The third kappa shape index (κ3) is 4.85. The van der Waals surface area contributed by atoms with Crippen LogP contribution in [0.1, 0.15) is 11.1 Å². The van der Waals surface area contributed by atoms with E-state index in [0.29, 0.717) is 5.05 Å². The average molecular weight is 382 g/mol. The average Bonchev–Trinajstić information content (AvgIpc) is 2.60. The Morgan fingerprint density at radius 3 is 1.96 bits per heavy atom. The molecule has 0 radical (unpaired) electrons. The minimum Gasteiger partial charge on any atom is -0.536 e. The Morgan fingerprint density at radius 1 is 1.04 bits per heavy atom. The van der Waals surface area contributed by atoms with Gasteiger partial charge in [-0.25, -0.2) is 0 Å². The summed E-state index contributed by atoms with van der Waals surface area (Å²) < 4.78 is 8.85. The van der Waals surface area contributed by atoms with Crippen LogP contribution in [-0.4, -0.2) is 34.1 Å². The second kappa shape index (κ2) is 6.55. The summed E-state index contributed by atoms with van der Waals surface area (Å²) in [6, 6.07) is 11.7. The van der Waals surface area contributed by atoms with Crippen LogP contribution in [-0.2, 0) is 11.0 Å². The van der Waals surface area contributed by atoms with Crippen LogP contribution in [0.25, 0.3) is 0 Å². The largest absolute Gasteiger partial charge is 0.536 e. The summed E-state index contributed by atoms with van der Waals surface area (Å²) in [7, 11) is -4.03. The van der Waals surface area contributed by atoms with Crippen molar-refractivity contribution in [1.29, 1.82) is 0 Å². The fraction of sp³-hybridized carbons (Fsp3) is 0.588. The first-order valence-electron chi connectivity index (χ1n) is 8.51. The molecular weight excluding hydrogens is 351 g/mol. The number of thiocarbonyl (C=S) groups is 1. The Balaban J connectivity index is 2.10. The van der Waals surface area contributed by atoms with Crippen molar-refractivity contribution in [3.63, 3.8) is 0 Å². The quantitative estimate of drug-likeness (QED) is 0.509. The molecule has 1 aromatic carbocycles. The van der Waals surface area contributed by atoms with Crippen molar-refractivity contribution < 1.29 is 4.43 Å². The van der Waals surface area contributed by atoms with Gasteiger partial charge in [-0.1, -0.05) is 50.5 Å². The summed E-state index contributed by atoms with van der Waals surface area (Å²) in [6.45, 7) is 17.7. The van der Waals surface area contributed by atoms with Crippen LogP contribution in [0.5, 0.6) is 0 Å². The van der Waals surface area contributed by atoms with Gasteiger partial charge >= 0.3 is 0 Å². The Hall–Kier alpha value is -0.279. The molecule has 0 aromatic heterocycles. The van der Waals surface area contributed by atoms with Gasteiger partial charge in [-0.05, 0) is 49.5 Å². The van der Waals surface area contributed by atoms with Crippen molar-refractivity contribution in [3.8, 4) is 0 Å². The molecule has 0 atom stereocenters. The molecular formula is C17H31NOSSi3. The molecule has 0 unspecified atom stereocenters. The number of benzene rings is 1. The number of nitrogens with zero attached hydrogens (tertiary/aromatic N) is 1. The lowest BCUT2D eigenvalue weighted by Gasteiger charge is -2.39. The van der Waals surface area contributed by atoms with Gasteiger partial charge in [-0.2, -0.15) is 0 Å². The van der Waals surface area contributed by atoms with E-state index in [-0.39, 0.29) is 0 Å². The maximum absolute atomic E-state index is 5.94. The smallest absolute Gasteiger partial charge is 0.243 e. The predicted molar refractivity (Wildman–Crippen MR) is 113 cm³/mol. The lowest BCUT2D eigenvalue weighted by Crippen LogP contribution is -2.54. The summed E-state index contributed by atoms with van der Waals surface area (Å²) in [5.41, 5.74) is 2.45. The van der Waals surface area contributed by atoms with Crippen LogP contribution in [0.4, 0.5) is 0 Å². The van der Waals surface area contributed by atoms with Crippen molar-refractivity contribution in [2.75, 3.05) is 0 Å². The fourth-order valence-corrected chi connectivity index (χ4v) is 18.8. The van der Waals surface area contributed by atoms with Crippen molar-refractivity contribution in [3.05, 3.63) is 35.4 Å². The predicted octanol–water partition coefficient (Wildman–Crippen LogP) is 5.44. The van der Waals surface area contributed by atoms with E-state index in [9.17, 15) is 0 Å². The molecule has 1 aliphatic heterocycles.